The number of aryl methyl sites for hydroxylation is 3. The Labute approximate surface area is 155 Å². The zero-order valence-corrected chi connectivity index (χ0v) is 17.1. The molecule has 0 saturated heterocycles. The molecule has 1 aromatic heterocycles. The molecule has 1 heterocycles. The molecule has 2 rings (SSSR count). The number of para-hydroxylation sites is 1. The Bertz CT molecular complexity index is 744. The van der Waals surface area contributed by atoms with E-state index in [4.69, 9.17) is 0 Å². The monoisotopic (exact) mass is 359 g/mol. The lowest BCUT2D eigenvalue weighted by atomic mass is 10.1. The standard InChI is InChI=1S/C20H29N3OS/c1-12(2)11-23-16(6)15(5)21-20(23)25-17(7)19(24)22-18-13(3)9-8-10-14(18)4/h8-10,12,17H,11H2,1-7H3,(H,22,24). The molecule has 0 radical (unpaired) electrons. The second kappa shape index (κ2) is 8.09. The smallest absolute Gasteiger partial charge is 0.237 e. The Balaban J connectivity index is 2.15. The van der Waals surface area contributed by atoms with Crippen LogP contribution in [0, 0.1) is 33.6 Å². The second-order valence-electron chi connectivity index (χ2n) is 7.09. The minimum absolute atomic E-state index is 0.0109. The molecule has 0 bridgehead atoms. The highest BCUT2D eigenvalue weighted by Gasteiger charge is 2.21. The minimum atomic E-state index is -0.217. The van der Waals surface area contributed by atoms with E-state index in [1.165, 1.54) is 17.5 Å². The van der Waals surface area contributed by atoms with Crippen molar-refractivity contribution in [2.45, 2.75) is 65.4 Å². The van der Waals surface area contributed by atoms with E-state index in [1.54, 1.807) is 0 Å². The van der Waals surface area contributed by atoms with Crippen molar-refractivity contribution in [2.75, 3.05) is 5.32 Å². The van der Waals surface area contributed by atoms with Crippen LogP contribution in [0.5, 0.6) is 0 Å². The molecule has 1 atom stereocenters. The maximum atomic E-state index is 12.7. The van der Waals surface area contributed by atoms with E-state index in [0.717, 1.165) is 34.2 Å². The van der Waals surface area contributed by atoms with Gasteiger partial charge in [-0.15, -0.1) is 0 Å². The summed E-state index contributed by atoms with van der Waals surface area (Å²) in [6.45, 7) is 15.4. The van der Waals surface area contributed by atoms with Gasteiger partial charge in [0.2, 0.25) is 5.91 Å². The maximum absolute atomic E-state index is 12.7. The van der Waals surface area contributed by atoms with Crippen LogP contribution in [0.2, 0.25) is 0 Å². The quantitative estimate of drug-likeness (QED) is 0.747. The second-order valence-corrected chi connectivity index (χ2v) is 8.39. The van der Waals surface area contributed by atoms with Crippen molar-refractivity contribution in [3.63, 3.8) is 0 Å². The Kier molecular flexibility index (Phi) is 6.33. The molecule has 25 heavy (non-hydrogen) atoms. The molecule has 1 amide bonds. The van der Waals surface area contributed by atoms with Crippen molar-refractivity contribution in [1.29, 1.82) is 0 Å². The van der Waals surface area contributed by atoms with Crippen molar-refractivity contribution >= 4 is 23.4 Å². The Hall–Kier alpha value is -1.75. The minimum Gasteiger partial charge on any atom is -0.325 e. The van der Waals surface area contributed by atoms with Crippen LogP contribution in [-0.4, -0.2) is 20.7 Å². The van der Waals surface area contributed by atoms with Gasteiger partial charge in [-0.1, -0.05) is 43.8 Å². The number of aromatic nitrogens is 2. The average Bonchev–Trinajstić information content (AvgIpc) is 2.78. The van der Waals surface area contributed by atoms with Gasteiger partial charge in [-0.3, -0.25) is 4.79 Å². The first kappa shape index (κ1) is 19.6. The van der Waals surface area contributed by atoms with E-state index >= 15 is 0 Å². The number of imidazole rings is 1. The fourth-order valence-corrected chi connectivity index (χ4v) is 3.75. The number of anilines is 1. The first-order chi connectivity index (χ1) is 11.7. The fourth-order valence-electron chi connectivity index (χ4n) is 2.74. The van der Waals surface area contributed by atoms with Crippen LogP contribution < -0.4 is 5.32 Å². The lowest BCUT2D eigenvalue weighted by Crippen LogP contribution is -2.24. The predicted molar refractivity (Wildman–Crippen MR) is 106 cm³/mol. The van der Waals surface area contributed by atoms with Gasteiger partial charge in [0, 0.05) is 17.9 Å². The van der Waals surface area contributed by atoms with E-state index < -0.39 is 0 Å². The Morgan fingerprint density at radius 3 is 2.32 bits per heavy atom. The average molecular weight is 360 g/mol. The summed E-state index contributed by atoms with van der Waals surface area (Å²) < 4.78 is 2.23. The molecular formula is C20H29N3OS. The van der Waals surface area contributed by atoms with Gasteiger partial charge >= 0.3 is 0 Å². The zero-order valence-electron chi connectivity index (χ0n) is 16.3. The highest BCUT2D eigenvalue weighted by Crippen LogP contribution is 2.28. The summed E-state index contributed by atoms with van der Waals surface area (Å²) in [6, 6.07) is 6.04. The Morgan fingerprint density at radius 1 is 1.16 bits per heavy atom. The number of nitrogens with one attached hydrogen (secondary N) is 1. The van der Waals surface area contributed by atoms with E-state index in [0.29, 0.717) is 5.92 Å². The number of amides is 1. The normalized spacial score (nSPS) is 12.5. The lowest BCUT2D eigenvalue weighted by molar-refractivity contribution is -0.115. The first-order valence-electron chi connectivity index (χ1n) is 8.78. The molecule has 5 heteroatoms. The van der Waals surface area contributed by atoms with Gasteiger partial charge in [0.15, 0.2) is 5.16 Å². The topological polar surface area (TPSA) is 46.9 Å². The third kappa shape index (κ3) is 4.66. The third-order valence-corrected chi connectivity index (χ3v) is 5.44. The molecule has 1 unspecified atom stereocenters. The summed E-state index contributed by atoms with van der Waals surface area (Å²) in [7, 11) is 0. The summed E-state index contributed by atoms with van der Waals surface area (Å²) in [5.74, 6) is 0.544. The molecule has 0 aliphatic heterocycles. The van der Waals surface area contributed by atoms with Crippen LogP contribution in [0.25, 0.3) is 0 Å². The highest BCUT2D eigenvalue weighted by molar-refractivity contribution is 8.00. The van der Waals surface area contributed by atoms with Crippen LogP contribution in [0.4, 0.5) is 5.69 Å². The van der Waals surface area contributed by atoms with Gasteiger partial charge in [0.25, 0.3) is 0 Å². The zero-order chi connectivity index (χ0) is 18.7. The number of nitrogens with zero attached hydrogens (tertiary/aromatic N) is 2. The van der Waals surface area contributed by atoms with Crippen molar-refractivity contribution in [3.05, 3.63) is 40.7 Å². The molecule has 0 aliphatic carbocycles. The number of rotatable bonds is 6. The number of hydrogen-bond donors (Lipinski definition) is 1. The van der Waals surface area contributed by atoms with E-state index in [2.05, 4.69) is 35.6 Å². The largest absolute Gasteiger partial charge is 0.325 e. The van der Waals surface area contributed by atoms with Gasteiger partial charge in [-0.05, 0) is 51.7 Å². The number of benzene rings is 1. The first-order valence-corrected chi connectivity index (χ1v) is 9.66. The summed E-state index contributed by atoms with van der Waals surface area (Å²) in [5, 5.41) is 3.79. The van der Waals surface area contributed by atoms with Crippen molar-refractivity contribution in [2.24, 2.45) is 5.92 Å². The predicted octanol–water partition coefficient (Wildman–Crippen LogP) is 4.89. The van der Waals surface area contributed by atoms with Crippen LogP contribution in [-0.2, 0) is 11.3 Å². The van der Waals surface area contributed by atoms with Crippen molar-refractivity contribution < 1.29 is 4.79 Å². The lowest BCUT2D eigenvalue weighted by Gasteiger charge is -2.17. The van der Waals surface area contributed by atoms with E-state index in [1.807, 2.05) is 45.9 Å². The molecule has 136 valence electrons. The molecule has 0 saturated carbocycles. The molecule has 0 fully saturated rings. The van der Waals surface area contributed by atoms with Crippen LogP contribution in [0.15, 0.2) is 23.4 Å². The van der Waals surface area contributed by atoms with Gasteiger partial charge in [-0.25, -0.2) is 4.98 Å². The van der Waals surface area contributed by atoms with Crippen LogP contribution in [0.1, 0.15) is 43.3 Å². The SMILES string of the molecule is Cc1cccc(C)c1NC(=O)C(C)Sc1nc(C)c(C)n1CC(C)C. The fraction of sp³-hybridized carbons (Fsp3) is 0.500. The van der Waals surface area contributed by atoms with Crippen LogP contribution in [0.3, 0.4) is 0 Å². The van der Waals surface area contributed by atoms with Gasteiger partial charge in [0.05, 0.1) is 10.9 Å². The third-order valence-electron chi connectivity index (χ3n) is 4.35. The van der Waals surface area contributed by atoms with Gasteiger partial charge in [-0.2, -0.15) is 0 Å². The number of carbonyl (C=O) groups excluding carboxylic acids is 1. The molecule has 2 aromatic rings. The molecule has 0 spiro atoms. The summed E-state index contributed by atoms with van der Waals surface area (Å²) in [4.78, 5) is 17.4. The Morgan fingerprint density at radius 2 is 1.76 bits per heavy atom. The number of carbonyl (C=O) groups is 1. The highest BCUT2D eigenvalue weighted by atomic mass is 32.2. The van der Waals surface area contributed by atoms with Gasteiger partial charge in [0.1, 0.15) is 0 Å². The summed E-state index contributed by atoms with van der Waals surface area (Å²) in [5.41, 5.74) is 5.29. The van der Waals surface area contributed by atoms with Crippen LogP contribution >= 0.6 is 11.8 Å². The summed E-state index contributed by atoms with van der Waals surface area (Å²) in [6.07, 6.45) is 0. The van der Waals surface area contributed by atoms with Crippen molar-refractivity contribution in [1.82, 2.24) is 9.55 Å². The summed E-state index contributed by atoms with van der Waals surface area (Å²) >= 11 is 1.53. The van der Waals surface area contributed by atoms with E-state index in [-0.39, 0.29) is 11.2 Å². The maximum Gasteiger partial charge on any atom is 0.237 e. The number of hydrogen-bond acceptors (Lipinski definition) is 3. The van der Waals surface area contributed by atoms with Gasteiger partial charge < -0.3 is 9.88 Å². The molecule has 4 nitrogen and oxygen atoms in total. The molecule has 0 aliphatic rings. The van der Waals surface area contributed by atoms with Crippen molar-refractivity contribution in [3.8, 4) is 0 Å². The molecular weight excluding hydrogens is 330 g/mol. The van der Waals surface area contributed by atoms with E-state index in [9.17, 15) is 4.79 Å². The molecule has 1 N–H and O–H groups in total. The number of thioether (sulfide) groups is 1. The molecule has 1 aromatic carbocycles.